The molecule has 198 valence electrons. The van der Waals surface area contributed by atoms with Gasteiger partial charge in [0.2, 0.25) is 5.90 Å². The monoisotopic (exact) mass is 521 g/mol. The van der Waals surface area contributed by atoms with E-state index < -0.39 is 11.9 Å². The number of alkyl halides is 3. The van der Waals surface area contributed by atoms with Crippen molar-refractivity contribution in [1.82, 2.24) is 15.3 Å². The molecular formula is C29H30F3N5O. The maximum atomic E-state index is 13.2. The summed E-state index contributed by atoms with van der Waals surface area (Å²) in [4.78, 5) is 8.49. The van der Waals surface area contributed by atoms with Crippen molar-refractivity contribution in [3.05, 3.63) is 113 Å². The molecule has 0 amide bonds. The van der Waals surface area contributed by atoms with Gasteiger partial charge in [-0.1, -0.05) is 68.4 Å². The highest BCUT2D eigenvalue weighted by atomic mass is 19.4. The molecule has 0 unspecified atom stereocenters. The summed E-state index contributed by atoms with van der Waals surface area (Å²) >= 11 is 0. The van der Waals surface area contributed by atoms with E-state index in [1.807, 2.05) is 50.2 Å². The lowest BCUT2D eigenvalue weighted by molar-refractivity contribution is -0.0930. The number of fused-ring (bicyclic) bond motifs is 3. The molecule has 2 aliphatic rings. The van der Waals surface area contributed by atoms with Gasteiger partial charge < -0.3 is 10.1 Å². The summed E-state index contributed by atoms with van der Waals surface area (Å²) in [6, 6.07) is 23.1. The van der Waals surface area contributed by atoms with Crippen molar-refractivity contribution in [1.29, 1.82) is 0 Å². The van der Waals surface area contributed by atoms with Crippen LogP contribution >= 0.6 is 0 Å². The average molecular weight is 522 g/mol. The summed E-state index contributed by atoms with van der Waals surface area (Å²) in [5.74, 6) is 0.482. The van der Waals surface area contributed by atoms with Crippen LogP contribution in [0.3, 0.4) is 0 Å². The number of hydrogen-bond donors (Lipinski definition) is 1. The number of pyridine rings is 1. The van der Waals surface area contributed by atoms with Crippen molar-refractivity contribution in [3.8, 4) is 0 Å². The molecule has 2 aromatic carbocycles. The summed E-state index contributed by atoms with van der Waals surface area (Å²) in [5.41, 5.74) is 3.12. The molecule has 0 saturated carbocycles. The summed E-state index contributed by atoms with van der Waals surface area (Å²) < 4.78 is 45.6. The molecule has 9 heteroatoms. The molecule has 0 aliphatic carbocycles. The summed E-state index contributed by atoms with van der Waals surface area (Å²) in [7, 11) is 0. The van der Waals surface area contributed by atoms with Crippen LogP contribution in [-0.2, 0) is 24.3 Å². The number of aromatic nitrogens is 1. The van der Waals surface area contributed by atoms with Crippen LogP contribution in [0.15, 0.2) is 94.7 Å². The molecule has 0 radical (unpaired) electrons. The Morgan fingerprint density at radius 1 is 0.895 bits per heavy atom. The van der Waals surface area contributed by atoms with Crippen molar-refractivity contribution < 1.29 is 17.9 Å². The fourth-order valence-corrected chi connectivity index (χ4v) is 4.02. The van der Waals surface area contributed by atoms with E-state index in [1.54, 1.807) is 24.3 Å². The second-order valence-corrected chi connectivity index (χ2v) is 8.38. The van der Waals surface area contributed by atoms with Gasteiger partial charge in [0.15, 0.2) is 5.84 Å². The average Bonchev–Trinajstić information content (AvgIpc) is 2.95. The second kappa shape index (κ2) is 12.5. The summed E-state index contributed by atoms with van der Waals surface area (Å²) in [6.07, 6.45) is -2.56. The fourth-order valence-electron chi connectivity index (χ4n) is 4.02. The lowest BCUT2D eigenvalue weighted by Gasteiger charge is -2.30. The van der Waals surface area contributed by atoms with Gasteiger partial charge >= 0.3 is 6.18 Å². The zero-order valence-corrected chi connectivity index (χ0v) is 21.4. The quantitative estimate of drug-likeness (QED) is 0.397. The summed E-state index contributed by atoms with van der Waals surface area (Å²) in [5, 5.41) is 9.27. The van der Waals surface area contributed by atoms with Crippen LogP contribution < -0.4 is 5.32 Å². The number of benzene rings is 2. The number of hydrazone groups is 1. The maximum Gasteiger partial charge on any atom is 0.433 e. The number of hydrogen-bond acceptors (Lipinski definition) is 6. The Labute approximate surface area is 220 Å². The molecule has 2 aliphatic heterocycles. The smallest absolute Gasteiger partial charge is 0.433 e. The van der Waals surface area contributed by atoms with Gasteiger partial charge in [0.05, 0.1) is 17.9 Å². The first-order valence-corrected chi connectivity index (χ1v) is 12.6. The minimum atomic E-state index is -4.51. The normalized spacial score (nSPS) is 14.2. The Kier molecular flexibility index (Phi) is 8.91. The molecule has 0 saturated heterocycles. The number of nitrogens with one attached hydrogen (secondary N) is 1. The highest BCUT2D eigenvalue weighted by Gasteiger charge is 2.38. The van der Waals surface area contributed by atoms with Crippen LogP contribution in [0.2, 0.25) is 0 Å². The SMILES string of the molecule is CC.FC(F)(F)C1=CCN2N=C(OCc3cccc(CNCCc4ccccc4)n3)c3ccccc3C2=N1. The predicted molar refractivity (Wildman–Crippen MR) is 143 cm³/mol. The number of aliphatic imine (C=N–C) groups is 1. The highest BCUT2D eigenvalue weighted by Crippen LogP contribution is 2.32. The van der Waals surface area contributed by atoms with Crippen LogP contribution in [0.1, 0.15) is 41.9 Å². The van der Waals surface area contributed by atoms with E-state index in [4.69, 9.17) is 4.74 Å². The Balaban J connectivity index is 0.00000164. The van der Waals surface area contributed by atoms with Gasteiger partial charge in [-0.05, 0) is 42.8 Å². The topological polar surface area (TPSA) is 62.1 Å². The number of allylic oxidation sites excluding steroid dienone is 1. The summed E-state index contributed by atoms with van der Waals surface area (Å²) in [6.45, 7) is 5.60. The number of ether oxygens (including phenoxy) is 1. The van der Waals surface area contributed by atoms with Gasteiger partial charge in [0, 0.05) is 17.7 Å². The van der Waals surface area contributed by atoms with Crippen molar-refractivity contribution >= 4 is 11.7 Å². The number of halogens is 3. The Hall–Kier alpha value is -3.98. The van der Waals surface area contributed by atoms with E-state index in [0.29, 0.717) is 23.6 Å². The third-order valence-electron chi connectivity index (χ3n) is 5.79. The first kappa shape index (κ1) is 27.1. The van der Waals surface area contributed by atoms with Crippen molar-refractivity contribution in [3.63, 3.8) is 0 Å². The van der Waals surface area contributed by atoms with E-state index in [9.17, 15) is 13.2 Å². The molecular weight excluding hydrogens is 491 g/mol. The first-order chi connectivity index (χ1) is 18.5. The third-order valence-corrected chi connectivity index (χ3v) is 5.79. The number of nitrogens with zero attached hydrogens (tertiary/aromatic N) is 4. The van der Waals surface area contributed by atoms with E-state index in [-0.39, 0.29) is 19.0 Å². The first-order valence-electron chi connectivity index (χ1n) is 12.6. The van der Waals surface area contributed by atoms with Crippen LogP contribution in [0.5, 0.6) is 0 Å². The van der Waals surface area contributed by atoms with Gasteiger partial charge in [-0.15, -0.1) is 5.10 Å². The zero-order chi connectivity index (χ0) is 27.0. The van der Waals surface area contributed by atoms with Gasteiger partial charge in [-0.2, -0.15) is 13.2 Å². The number of rotatable bonds is 7. The van der Waals surface area contributed by atoms with E-state index in [0.717, 1.165) is 30.4 Å². The Bertz CT molecular complexity index is 1320. The Morgan fingerprint density at radius 3 is 2.37 bits per heavy atom. The van der Waals surface area contributed by atoms with Crippen molar-refractivity contribution in [2.75, 3.05) is 13.1 Å². The minimum absolute atomic E-state index is 0.0444. The van der Waals surface area contributed by atoms with E-state index >= 15 is 0 Å². The van der Waals surface area contributed by atoms with Crippen LogP contribution in [-0.4, -0.2) is 41.0 Å². The fraction of sp³-hybridized carbons (Fsp3) is 0.276. The third kappa shape index (κ3) is 6.66. The lowest BCUT2D eigenvalue weighted by atomic mass is 10.0. The largest absolute Gasteiger partial charge is 0.470 e. The predicted octanol–water partition coefficient (Wildman–Crippen LogP) is 5.84. The van der Waals surface area contributed by atoms with Gasteiger partial charge in [0.25, 0.3) is 0 Å². The molecule has 38 heavy (non-hydrogen) atoms. The van der Waals surface area contributed by atoms with E-state index in [1.165, 1.54) is 10.6 Å². The molecule has 0 bridgehead atoms. The molecule has 6 nitrogen and oxygen atoms in total. The lowest BCUT2D eigenvalue weighted by Crippen LogP contribution is -2.38. The molecule has 3 aromatic rings. The van der Waals surface area contributed by atoms with Crippen LogP contribution in [0.4, 0.5) is 13.2 Å². The van der Waals surface area contributed by atoms with E-state index in [2.05, 4.69) is 32.5 Å². The molecule has 1 N–H and O–H groups in total. The molecule has 0 spiro atoms. The molecule has 0 atom stereocenters. The molecule has 5 rings (SSSR count). The van der Waals surface area contributed by atoms with Gasteiger partial charge in [-0.3, -0.25) is 4.98 Å². The van der Waals surface area contributed by atoms with Gasteiger partial charge in [0.1, 0.15) is 12.3 Å². The molecule has 3 heterocycles. The molecule has 0 fully saturated rings. The maximum absolute atomic E-state index is 13.2. The highest BCUT2D eigenvalue weighted by molar-refractivity contribution is 6.12. The zero-order valence-electron chi connectivity index (χ0n) is 21.4. The van der Waals surface area contributed by atoms with Crippen LogP contribution in [0, 0.1) is 0 Å². The van der Waals surface area contributed by atoms with Crippen molar-refractivity contribution in [2.45, 2.75) is 39.6 Å². The number of amidine groups is 1. The second-order valence-electron chi connectivity index (χ2n) is 8.38. The van der Waals surface area contributed by atoms with Crippen molar-refractivity contribution in [2.24, 2.45) is 10.1 Å². The Morgan fingerprint density at radius 2 is 1.61 bits per heavy atom. The van der Waals surface area contributed by atoms with Crippen LogP contribution in [0.25, 0.3) is 0 Å². The minimum Gasteiger partial charge on any atom is -0.470 e. The standard InChI is InChI=1S/C27H24F3N5O.C2H6/c28-27(29,30)24-14-16-35-25(33-24)22-11-4-5-12-23(22)26(34-35)36-18-21-10-6-9-20(32-21)17-31-15-13-19-7-2-1-3-8-19;1-2/h1-12,14,31H,13,15-18H2;1-2H3. The van der Waals surface area contributed by atoms with Gasteiger partial charge in [-0.25, -0.2) is 10.0 Å². The molecule has 1 aromatic heterocycles.